The van der Waals surface area contributed by atoms with Gasteiger partial charge < -0.3 is 5.32 Å². The van der Waals surface area contributed by atoms with Crippen molar-refractivity contribution in [1.82, 2.24) is 5.32 Å². The Labute approximate surface area is 136 Å². The van der Waals surface area contributed by atoms with Crippen LogP contribution < -0.4 is 5.32 Å². The van der Waals surface area contributed by atoms with Gasteiger partial charge in [0, 0.05) is 34.8 Å². The van der Waals surface area contributed by atoms with Crippen LogP contribution in [-0.2, 0) is 27.5 Å². The van der Waals surface area contributed by atoms with E-state index in [1.54, 1.807) is 0 Å². The Bertz CT molecular complexity index is 569. The van der Waals surface area contributed by atoms with E-state index in [-0.39, 0.29) is 35.4 Å². The molecule has 1 atom stereocenters. The van der Waals surface area contributed by atoms with E-state index >= 15 is 0 Å². The summed E-state index contributed by atoms with van der Waals surface area (Å²) in [6.07, 6.45) is -0.240. The summed E-state index contributed by atoms with van der Waals surface area (Å²) < 4.78 is 50.6. The fourth-order valence-corrected chi connectivity index (χ4v) is 3.90. The number of carbonyl (C=O) groups is 1. The summed E-state index contributed by atoms with van der Waals surface area (Å²) in [6.45, 7) is 0. The maximum absolute atomic E-state index is 12.9. The van der Waals surface area contributed by atoms with E-state index in [0.29, 0.717) is 0 Å². The Morgan fingerprint density at radius 1 is 1.22 bits per heavy atom. The van der Waals surface area contributed by atoms with Gasteiger partial charge in [0.05, 0.1) is 5.56 Å². The first-order valence-corrected chi connectivity index (χ1v) is 9.14. The lowest BCUT2D eigenvalue weighted by Crippen LogP contribution is -2.33. The van der Waals surface area contributed by atoms with Crippen molar-refractivity contribution in [1.29, 1.82) is 0 Å². The standard InChI is InChI=1S/C16H20F3NO2S/c17-16(18,19)14-8-4-1-5-12(14)11-23(22)10-9-15(21)20-13-6-2-3-7-13/h1,4-5,8,13H,2-3,6-7,9-11H2,(H,20,21). The fraction of sp³-hybridized carbons (Fsp3) is 0.562. The molecule has 1 aliphatic carbocycles. The number of nitrogens with one attached hydrogen (secondary N) is 1. The lowest BCUT2D eigenvalue weighted by molar-refractivity contribution is -0.138. The lowest BCUT2D eigenvalue weighted by Gasteiger charge is -2.13. The first-order chi connectivity index (χ1) is 10.9. The van der Waals surface area contributed by atoms with Crippen LogP contribution in [0.5, 0.6) is 0 Å². The van der Waals surface area contributed by atoms with Crippen molar-refractivity contribution in [2.75, 3.05) is 5.75 Å². The predicted octanol–water partition coefficient (Wildman–Crippen LogP) is 3.40. The van der Waals surface area contributed by atoms with E-state index in [4.69, 9.17) is 0 Å². The smallest absolute Gasteiger partial charge is 0.353 e. The number of rotatable bonds is 6. The van der Waals surface area contributed by atoms with Crippen LogP contribution in [0, 0.1) is 0 Å². The van der Waals surface area contributed by atoms with Crippen LogP contribution >= 0.6 is 0 Å². The van der Waals surface area contributed by atoms with Crippen molar-refractivity contribution in [2.24, 2.45) is 0 Å². The Morgan fingerprint density at radius 3 is 2.52 bits per heavy atom. The molecule has 1 aromatic rings. The number of halogens is 3. The number of hydrogen-bond acceptors (Lipinski definition) is 2. The third kappa shape index (κ3) is 5.64. The molecule has 0 spiro atoms. The first kappa shape index (κ1) is 18.0. The lowest BCUT2D eigenvalue weighted by atomic mass is 10.1. The average Bonchev–Trinajstić information content (AvgIpc) is 2.97. The van der Waals surface area contributed by atoms with Crippen molar-refractivity contribution in [2.45, 2.75) is 50.1 Å². The highest BCUT2D eigenvalue weighted by Gasteiger charge is 2.33. The first-order valence-electron chi connectivity index (χ1n) is 7.65. The summed E-state index contributed by atoms with van der Waals surface area (Å²) in [5.41, 5.74) is -0.752. The van der Waals surface area contributed by atoms with E-state index in [0.717, 1.165) is 31.7 Å². The number of amides is 1. The number of alkyl halides is 3. The molecule has 0 heterocycles. The molecular formula is C16H20F3NO2S. The van der Waals surface area contributed by atoms with Crippen molar-refractivity contribution in [3.05, 3.63) is 35.4 Å². The van der Waals surface area contributed by atoms with Crippen LogP contribution in [0.25, 0.3) is 0 Å². The summed E-state index contributed by atoms with van der Waals surface area (Å²) in [5, 5.41) is 2.88. The van der Waals surface area contributed by atoms with Crippen LogP contribution in [0.4, 0.5) is 13.2 Å². The second kappa shape index (κ2) is 7.95. The summed E-state index contributed by atoms with van der Waals surface area (Å²) in [7, 11) is -1.50. The van der Waals surface area contributed by atoms with Gasteiger partial charge in [0.1, 0.15) is 0 Å². The third-order valence-electron chi connectivity index (χ3n) is 3.92. The predicted molar refractivity (Wildman–Crippen MR) is 83.2 cm³/mol. The fourth-order valence-electron chi connectivity index (χ4n) is 2.74. The highest BCUT2D eigenvalue weighted by atomic mass is 32.2. The molecule has 0 saturated heterocycles. The number of hydrogen-bond donors (Lipinski definition) is 1. The number of carbonyl (C=O) groups excluding carboxylic acids is 1. The molecule has 1 N–H and O–H groups in total. The molecule has 128 valence electrons. The molecule has 2 rings (SSSR count). The van der Waals surface area contributed by atoms with Crippen molar-refractivity contribution >= 4 is 16.7 Å². The molecule has 23 heavy (non-hydrogen) atoms. The monoisotopic (exact) mass is 347 g/mol. The Kier molecular flexibility index (Phi) is 6.21. The largest absolute Gasteiger partial charge is 0.416 e. The van der Waals surface area contributed by atoms with Crippen molar-refractivity contribution in [3.63, 3.8) is 0 Å². The van der Waals surface area contributed by atoms with Gasteiger partial charge in [0.2, 0.25) is 5.91 Å². The summed E-state index contributed by atoms with van der Waals surface area (Å²) >= 11 is 0. The van der Waals surface area contributed by atoms with E-state index in [2.05, 4.69) is 5.32 Å². The molecule has 3 nitrogen and oxygen atoms in total. The van der Waals surface area contributed by atoms with Gasteiger partial charge in [-0.15, -0.1) is 0 Å². The normalized spacial score (nSPS) is 17.2. The molecule has 1 saturated carbocycles. The van der Waals surface area contributed by atoms with Crippen LogP contribution in [0.15, 0.2) is 24.3 Å². The minimum absolute atomic E-state index is 0.00883. The van der Waals surface area contributed by atoms with E-state index in [1.165, 1.54) is 18.2 Å². The Balaban J connectivity index is 1.84. The SMILES string of the molecule is O=C(CCS(=O)Cc1ccccc1C(F)(F)F)NC1CCCC1. The van der Waals surface area contributed by atoms with Crippen LogP contribution in [0.3, 0.4) is 0 Å². The van der Waals surface area contributed by atoms with Gasteiger partial charge >= 0.3 is 6.18 Å². The average molecular weight is 347 g/mol. The minimum atomic E-state index is -4.46. The van der Waals surface area contributed by atoms with Gasteiger partial charge in [0.15, 0.2) is 0 Å². The minimum Gasteiger partial charge on any atom is -0.353 e. The van der Waals surface area contributed by atoms with Gasteiger partial charge in [-0.1, -0.05) is 31.0 Å². The van der Waals surface area contributed by atoms with Gasteiger partial charge in [-0.2, -0.15) is 13.2 Å². The third-order valence-corrected chi connectivity index (χ3v) is 5.21. The zero-order chi connectivity index (χ0) is 16.9. The molecule has 1 amide bonds. The van der Waals surface area contributed by atoms with Gasteiger partial charge in [0.25, 0.3) is 0 Å². The van der Waals surface area contributed by atoms with Crippen LogP contribution in [0.1, 0.15) is 43.2 Å². The Hall–Kier alpha value is -1.37. The summed E-state index contributed by atoms with van der Waals surface area (Å²) in [6, 6.07) is 5.32. The maximum Gasteiger partial charge on any atom is 0.416 e. The zero-order valence-electron chi connectivity index (χ0n) is 12.7. The molecule has 0 radical (unpaired) electrons. The van der Waals surface area contributed by atoms with Gasteiger partial charge in [-0.25, -0.2) is 0 Å². The molecule has 7 heteroatoms. The zero-order valence-corrected chi connectivity index (χ0v) is 13.5. The molecular weight excluding hydrogens is 327 g/mol. The second-order valence-electron chi connectivity index (χ2n) is 5.74. The van der Waals surface area contributed by atoms with E-state index in [1.807, 2.05) is 0 Å². The van der Waals surface area contributed by atoms with Gasteiger partial charge in [-0.05, 0) is 24.5 Å². The molecule has 0 bridgehead atoms. The summed E-state index contributed by atoms with van der Waals surface area (Å²) in [4.78, 5) is 11.8. The maximum atomic E-state index is 12.9. The van der Waals surface area contributed by atoms with Crippen LogP contribution in [-0.4, -0.2) is 21.9 Å². The van der Waals surface area contributed by atoms with Crippen LogP contribution in [0.2, 0.25) is 0 Å². The van der Waals surface area contributed by atoms with Crippen molar-refractivity contribution in [3.8, 4) is 0 Å². The molecule has 0 aromatic heterocycles. The van der Waals surface area contributed by atoms with E-state index < -0.39 is 22.5 Å². The second-order valence-corrected chi connectivity index (χ2v) is 7.32. The van der Waals surface area contributed by atoms with E-state index in [9.17, 15) is 22.2 Å². The highest BCUT2D eigenvalue weighted by Crippen LogP contribution is 2.32. The molecule has 1 aromatic carbocycles. The molecule has 1 aliphatic rings. The van der Waals surface area contributed by atoms with Crippen molar-refractivity contribution < 1.29 is 22.2 Å². The molecule has 0 aliphatic heterocycles. The molecule has 1 fully saturated rings. The Morgan fingerprint density at radius 2 is 1.87 bits per heavy atom. The summed E-state index contributed by atoms with van der Waals surface area (Å²) in [5.74, 6) is -0.286. The molecule has 1 unspecified atom stereocenters. The quantitative estimate of drug-likeness (QED) is 0.857. The van der Waals surface area contributed by atoms with Gasteiger partial charge in [-0.3, -0.25) is 9.00 Å². The number of benzene rings is 1. The highest BCUT2D eigenvalue weighted by molar-refractivity contribution is 7.84. The topological polar surface area (TPSA) is 46.2 Å².